The smallest absolute Gasteiger partial charge is 0.250 e. The summed E-state index contributed by atoms with van der Waals surface area (Å²) >= 11 is 0. The monoisotopic (exact) mass is 427 g/mol. The predicted octanol–water partition coefficient (Wildman–Crippen LogP) is 0.783. The van der Waals surface area contributed by atoms with E-state index >= 15 is 0 Å². The van der Waals surface area contributed by atoms with Crippen LogP contribution >= 0.6 is 0 Å². The molecule has 1 saturated heterocycles. The third-order valence-corrected chi connectivity index (χ3v) is 6.49. The quantitative estimate of drug-likeness (QED) is 0.605. The number of rotatable bonds is 8. The van der Waals surface area contributed by atoms with Crippen LogP contribution in [0.15, 0.2) is 47.3 Å². The Labute approximate surface area is 181 Å². The van der Waals surface area contributed by atoms with Crippen LogP contribution in [-0.2, 0) is 22.6 Å². The number of methoxy groups -OCH3 is 2. The van der Waals surface area contributed by atoms with Crippen LogP contribution in [0.3, 0.4) is 0 Å². The van der Waals surface area contributed by atoms with Crippen LogP contribution in [0.5, 0.6) is 5.75 Å². The lowest BCUT2D eigenvalue weighted by molar-refractivity contribution is -0.128. The topological polar surface area (TPSA) is 93.0 Å². The molecule has 166 valence electrons. The van der Waals surface area contributed by atoms with Gasteiger partial charge in [0.2, 0.25) is 5.91 Å². The lowest BCUT2D eigenvalue weighted by Crippen LogP contribution is -2.48. The highest BCUT2D eigenvalue weighted by molar-refractivity contribution is 5.82. The molecule has 1 fully saturated rings. The van der Waals surface area contributed by atoms with Gasteiger partial charge in [-0.1, -0.05) is 24.3 Å². The van der Waals surface area contributed by atoms with Crippen molar-refractivity contribution in [2.45, 2.75) is 25.2 Å². The van der Waals surface area contributed by atoms with Crippen molar-refractivity contribution in [3.63, 3.8) is 0 Å². The van der Waals surface area contributed by atoms with Crippen LogP contribution < -0.4 is 15.6 Å². The minimum atomic E-state index is -0.522. The fourth-order valence-corrected chi connectivity index (χ4v) is 5.15. The number of hydrogen-bond acceptors (Lipinski definition) is 6. The zero-order chi connectivity index (χ0) is 22.0. The lowest BCUT2D eigenvalue weighted by Gasteiger charge is -2.31. The highest BCUT2D eigenvalue weighted by Crippen LogP contribution is 2.49. The summed E-state index contributed by atoms with van der Waals surface area (Å²) in [6, 6.07) is 12.3. The number of fused-ring (bicyclic) bond motifs is 3. The first kappa shape index (κ1) is 21.5. The maximum absolute atomic E-state index is 13.2. The molecule has 2 N–H and O–H groups in total. The van der Waals surface area contributed by atoms with E-state index in [1.165, 1.54) is 0 Å². The number of nitrogens with zero attached hydrogens (tertiary/aromatic N) is 2. The molecule has 1 amide bonds. The number of ether oxygens (including phenoxy) is 2. The summed E-state index contributed by atoms with van der Waals surface area (Å²) in [6.45, 7) is 1.65. The molecule has 0 unspecified atom stereocenters. The molecule has 0 radical (unpaired) electrons. The first-order valence-electron chi connectivity index (χ1n) is 10.6. The van der Waals surface area contributed by atoms with E-state index in [2.05, 4.69) is 10.2 Å². The molecule has 0 bridgehead atoms. The van der Waals surface area contributed by atoms with Crippen LogP contribution in [0.1, 0.15) is 17.3 Å². The lowest BCUT2D eigenvalue weighted by atomic mass is 9.88. The maximum Gasteiger partial charge on any atom is 0.250 e. The summed E-state index contributed by atoms with van der Waals surface area (Å²) in [6.07, 6.45) is 0. The van der Waals surface area contributed by atoms with Crippen molar-refractivity contribution >= 4 is 5.91 Å². The van der Waals surface area contributed by atoms with Crippen LogP contribution in [0, 0.1) is 11.8 Å². The third kappa shape index (κ3) is 3.86. The number of para-hydroxylation sites is 1. The van der Waals surface area contributed by atoms with Crippen molar-refractivity contribution in [2.75, 3.05) is 34.0 Å². The van der Waals surface area contributed by atoms with Crippen molar-refractivity contribution in [3.05, 3.63) is 64.1 Å². The second-order valence-corrected chi connectivity index (χ2v) is 8.07. The number of pyridine rings is 1. The molecule has 2 aromatic rings. The second kappa shape index (κ2) is 9.21. The third-order valence-electron chi connectivity index (χ3n) is 6.49. The van der Waals surface area contributed by atoms with Gasteiger partial charge in [-0.2, -0.15) is 0 Å². The molecular weight excluding hydrogens is 398 g/mol. The van der Waals surface area contributed by atoms with Crippen molar-refractivity contribution in [1.82, 2.24) is 14.8 Å². The first-order chi connectivity index (χ1) is 15.1. The summed E-state index contributed by atoms with van der Waals surface area (Å²) in [7, 11) is 3.22. The van der Waals surface area contributed by atoms with E-state index in [1.807, 2.05) is 30.3 Å². The minimum Gasteiger partial charge on any atom is -0.496 e. The molecule has 4 rings (SSSR count). The number of benzene rings is 1. The normalized spacial score (nSPS) is 24.6. The molecule has 1 aromatic heterocycles. The number of aromatic nitrogens is 1. The van der Waals surface area contributed by atoms with Gasteiger partial charge >= 0.3 is 0 Å². The summed E-state index contributed by atoms with van der Waals surface area (Å²) in [5.41, 5.74) is 1.79. The van der Waals surface area contributed by atoms with Crippen LogP contribution in [-0.4, -0.2) is 60.5 Å². The molecule has 31 heavy (non-hydrogen) atoms. The zero-order valence-corrected chi connectivity index (χ0v) is 17.9. The molecule has 2 aliphatic heterocycles. The molecule has 3 heterocycles. The zero-order valence-electron chi connectivity index (χ0n) is 17.9. The molecule has 1 aromatic carbocycles. The molecule has 0 aliphatic carbocycles. The van der Waals surface area contributed by atoms with Gasteiger partial charge in [0, 0.05) is 62.5 Å². The van der Waals surface area contributed by atoms with Gasteiger partial charge in [0.25, 0.3) is 5.56 Å². The fourth-order valence-electron chi connectivity index (χ4n) is 5.15. The molecule has 0 spiro atoms. The summed E-state index contributed by atoms with van der Waals surface area (Å²) in [5, 5.41) is 13.2. The van der Waals surface area contributed by atoms with Crippen LogP contribution in [0.4, 0.5) is 0 Å². The Balaban J connectivity index is 1.74. The Morgan fingerprint density at radius 2 is 2.00 bits per heavy atom. The molecule has 0 saturated carbocycles. The highest BCUT2D eigenvalue weighted by Gasteiger charge is 2.55. The van der Waals surface area contributed by atoms with E-state index in [9.17, 15) is 14.7 Å². The number of aliphatic hydroxyl groups is 1. The number of likely N-dealkylation sites (tertiary alicyclic amines) is 1. The van der Waals surface area contributed by atoms with Gasteiger partial charge in [0.1, 0.15) is 5.75 Å². The van der Waals surface area contributed by atoms with Gasteiger partial charge in [0.15, 0.2) is 0 Å². The standard InChI is InChI=1S/C23H29N3O5/c1-30-11-10-24-23(29)22-17(14-27)16-13-25-18(7-5-9-20(25)28)21(16)26(22)12-15-6-3-4-8-19(15)31-2/h3-9,16-17,21-22,27H,10-14H2,1-2H3,(H,24,29)/t16-,17-,21+,22-/m1/s1. The van der Waals surface area contributed by atoms with Crippen LogP contribution in [0.25, 0.3) is 0 Å². The van der Waals surface area contributed by atoms with E-state index in [0.29, 0.717) is 26.2 Å². The van der Waals surface area contributed by atoms with E-state index in [1.54, 1.807) is 30.9 Å². The number of nitrogens with one attached hydrogen (secondary N) is 1. The Morgan fingerprint density at radius 1 is 1.19 bits per heavy atom. The number of carbonyl (C=O) groups is 1. The summed E-state index contributed by atoms with van der Waals surface area (Å²) < 4.78 is 12.4. The summed E-state index contributed by atoms with van der Waals surface area (Å²) in [4.78, 5) is 27.8. The summed E-state index contributed by atoms with van der Waals surface area (Å²) in [5.74, 6) is 0.285. The van der Waals surface area contributed by atoms with Crippen LogP contribution in [0.2, 0.25) is 0 Å². The fraction of sp³-hybridized carbons (Fsp3) is 0.478. The van der Waals surface area contributed by atoms with Gasteiger partial charge in [-0.15, -0.1) is 0 Å². The Morgan fingerprint density at radius 3 is 2.74 bits per heavy atom. The number of hydrogen-bond donors (Lipinski definition) is 2. The SMILES string of the molecule is COCCNC(=O)[C@H]1[C@H](CO)[C@H]2Cn3c(cccc3=O)[C@H]2N1Cc1ccccc1OC. The van der Waals surface area contributed by atoms with Crippen molar-refractivity contribution in [1.29, 1.82) is 0 Å². The van der Waals surface area contributed by atoms with Crippen molar-refractivity contribution < 1.29 is 19.4 Å². The number of amides is 1. The van der Waals surface area contributed by atoms with E-state index in [-0.39, 0.29) is 36.0 Å². The minimum absolute atomic E-state index is 0.0343. The average Bonchev–Trinajstić information content (AvgIpc) is 3.30. The number of carbonyl (C=O) groups excluding carboxylic acids is 1. The first-order valence-corrected chi connectivity index (χ1v) is 10.6. The molecule has 4 atom stereocenters. The van der Waals surface area contributed by atoms with E-state index in [0.717, 1.165) is 17.0 Å². The number of aliphatic hydroxyl groups excluding tert-OH is 1. The van der Waals surface area contributed by atoms with Crippen molar-refractivity contribution in [3.8, 4) is 5.75 Å². The predicted molar refractivity (Wildman–Crippen MR) is 115 cm³/mol. The molecular formula is C23H29N3O5. The molecule has 8 heteroatoms. The van der Waals surface area contributed by atoms with Gasteiger partial charge in [0.05, 0.1) is 25.8 Å². The van der Waals surface area contributed by atoms with E-state index in [4.69, 9.17) is 9.47 Å². The van der Waals surface area contributed by atoms with E-state index < -0.39 is 6.04 Å². The average molecular weight is 428 g/mol. The Kier molecular flexibility index (Phi) is 6.41. The van der Waals surface area contributed by atoms with Gasteiger partial charge in [-0.25, -0.2) is 0 Å². The van der Waals surface area contributed by atoms with Crippen molar-refractivity contribution in [2.24, 2.45) is 11.8 Å². The molecule has 2 aliphatic rings. The molecule has 8 nitrogen and oxygen atoms in total. The Hall–Kier alpha value is -2.68. The highest BCUT2D eigenvalue weighted by atomic mass is 16.5. The van der Waals surface area contributed by atoms with Gasteiger partial charge in [-0.3, -0.25) is 14.5 Å². The largest absolute Gasteiger partial charge is 0.496 e. The Bertz CT molecular complexity index is 991. The van der Waals surface area contributed by atoms with Gasteiger partial charge in [-0.05, 0) is 12.1 Å². The second-order valence-electron chi connectivity index (χ2n) is 8.07. The maximum atomic E-state index is 13.2. The van der Waals surface area contributed by atoms with Gasteiger partial charge < -0.3 is 24.5 Å².